The Kier molecular flexibility index (Phi) is 6.80. The third-order valence-electron chi connectivity index (χ3n) is 5.44. The van der Waals surface area contributed by atoms with Crippen LogP contribution in [0.25, 0.3) is 10.9 Å². The summed E-state index contributed by atoms with van der Waals surface area (Å²) in [7, 11) is 0. The van der Waals surface area contributed by atoms with Crippen molar-refractivity contribution in [2.75, 3.05) is 18.4 Å². The Balaban J connectivity index is 1.55. The largest absolute Gasteiger partial charge is 0.345 e. The van der Waals surface area contributed by atoms with Crippen molar-refractivity contribution in [3.8, 4) is 0 Å². The van der Waals surface area contributed by atoms with E-state index in [1.807, 2.05) is 12.1 Å². The molecule has 172 valence electrons. The lowest BCUT2D eigenvalue weighted by molar-refractivity contribution is -0.201. The maximum atomic E-state index is 12.6. The van der Waals surface area contributed by atoms with Gasteiger partial charge in [-0.25, -0.2) is 14.6 Å². The average molecular weight is 485 g/mol. The number of piperidine rings is 1. The summed E-state index contributed by atoms with van der Waals surface area (Å²) in [5, 5.41) is 12.4. The molecule has 0 bridgehead atoms. The topological polar surface area (TPSA) is 76.9 Å². The van der Waals surface area contributed by atoms with E-state index in [4.69, 9.17) is 23.2 Å². The van der Waals surface area contributed by atoms with Gasteiger partial charge in [0, 0.05) is 16.6 Å². The predicted molar refractivity (Wildman–Crippen MR) is 121 cm³/mol. The third kappa shape index (κ3) is 5.28. The van der Waals surface area contributed by atoms with Gasteiger partial charge in [0.25, 0.3) is 0 Å². The molecule has 3 aromatic rings. The molecule has 1 aliphatic heterocycles. The van der Waals surface area contributed by atoms with Crippen LogP contribution < -0.4 is 10.6 Å². The van der Waals surface area contributed by atoms with Gasteiger partial charge in [0.2, 0.25) is 5.95 Å². The molecule has 4 rings (SSSR count). The van der Waals surface area contributed by atoms with Crippen molar-refractivity contribution in [1.82, 2.24) is 25.1 Å². The lowest BCUT2D eigenvalue weighted by Crippen LogP contribution is -2.33. The normalized spacial score (nSPS) is 15.6. The summed E-state index contributed by atoms with van der Waals surface area (Å²) in [6, 6.07) is 3.92. The van der Waals surface area contributed by atoms with Crippen molar-refractivity contribution in [3.63, 3.8) is 0 Å². The number of halogens is 4. The minimum atomic E-state index is -2.88. The minimum absolute atomic E-state index is 0.0501. The van der Waals surface area contributed by atoms with Crippen molar-refractivity contribution in [2.24, 2.45) is 0 Å². The SMILES string of the molecule is CC(C)(Cn1ncc(Nc2ncc3cc(Cl)c(C4CCNCC4)cc3n2)c1Cl)OC(F)F. The van der Waals surface area contributed by atoms with E-state index >= 15 is 0 Å². The Morgan fingerprint density at radius 1 is 1.25 bits per heavy atom. The van der Waals surface area contributed by atoms with Crippen LogP contribution >= 0.6 is 23.2 Å². The zero-order valence-corrected chi connectivity index (χ0v) is 19.2. The van der Waals surface area contributed by atoms with Crippen LogP contribution in [-0.4, -0.2) is 45.1 Å². The quantitative estimate of drug-likeness (QED) is 0.469. The molecule has 1 aliphatic rings. The van der Waals surface area contributed by atoms with Crippen LogP contribution in [0.1, 0.15) is 38.2 Å². The van der Waals surface area contributed by atoms with Crippen molar-refractivity contribution in [2.45, 2.75) is 51.4 Å². The summed E-state index contributed by atoms with van der Waals surface area (Å²) in [4.78, 5) is 8.95. The Bertz CT molecular complexity index is 1100. The van der Waals surface area contributed by atoms with Crippen molar-refractivity contribution >= 4 is 45.7 Å². The molecule has 0 radical (unpaired) electrons. The molecule has 0 aliphatic carbocycles. The highest BCUT2D eigenvalue weighted by Crippen LogP contribution is 2.34. The highest BCUT2D eigenvalue weighted by Gasteiger charge is 2.26. The molecule has 0 atom stereocenters. The van der Waals surface area contributed by atoms with E-state index in [0.29, 0.717) is 17.6 Å². The molecule has 7 nitrogen and oxygen atoms in total. The maximum Gasteiger partial charge on any atom is 0.345 e. The van der Waals surface area contributed by atoms with Gasteiger partial charge in [-0.05, 0) is 63.4 Å². The molecular weight excluding hydrogens is 461 g/mol. The van der Waals surface area contributed by atoms with Gasteiger partial charge < -0.3 is 15.4 Å². The fourth-order valence-corrected chi connectivity index (χ4v) is 4.42. The standard InChI is InChI=1S/C21H24Cl2F2N6O/c1-21(2,32-19(24)25)11-31-18(23)17(10-28-31)30-20-27-9-13-7-15(22)14(8-16(13)29-20)12-3-5-26-6-4-12/h7-10,12,19,26H,3-6,11H2,1-2H3,(H,27,29,30). The van der Waals surface area contributed by atoms with E-state index in [1.54, 1.807) is 20.0 Å². The zero-order valence-electron chi connectivity index (χ0n) is 17.7. The maximum absolute atomic E-state index is 12.6. The van der Waals surface area contributed by atoms with Crippen LogP contribution in [0.4, 0.5) is 20.4 Å². The van der Waals surface area contributed by atoms with Crippen molar-refractivity contribution < 1.29 is 13.5 Å². The smallest absolute Gasteiger partial charge is 0.320 e. The van der Waals surface area contributed by atoms with Gasteiger partial charge in [0.1, 0.15) is 0 Å². The van der Waals surface area contributed by atoms with Gasteiger partial charge >= 0.3 is 6.61 Å². The van der Waals surface area contributed by atoms with Crippen LogP contribution in [0.15, 0.2) is 24.5 Å². The molecule has 1 aromatic carbocycles. The minimum Gasteiger partial charge on any atom is -0.320 e. The Labute approximate surface area is 194 Å². The van der Waals surface area contributed by atoms with Crippen LogP contribution in [-0.2, 0) is 11.3 Å². The lowest BCUT2D eigenvalue weighted by Gasteiger charge is -2.24. The monoisotopic (exact) mass is 484 g/mol. The summed E-state index contributed by atoms with van der Waals surface area (Å²) < 4.78 is 31.2. The van der Waals surface area contributed by atoms with Crippen LogP contribution in [0.2, 0.25) is 10.2 Å². The molecular formula is C21H24Cl2F2N6O. The molecule has 2 N–H and O–H groups in total. The second kappa shape index (κ2) is 9.43. The number of hydrogen-bond donors (Lipinski definition) is 2. The number of aromatic nitrogens is 4. The molecule has 1 saturated heterocycles. The number of hydrogen-bond acceptors (Lipinski definition) is 6. The highest BCUT2D eigenvalue weighted by molar-refractivity contribution is 6.32. The molecule has 0 saturated carbocycles. The van der Waals surface area contributed by atoms with Gasteiger partial charge in [0.05, 0.1) is 29.5 Å². The molecule has 32 heavy (non-hydrogen) atoms. The molecule has 11 heteroatoms. The van der Waals surface area contributed by atoms with E-state index in [2.05, 4.69) is 30.4 Å². The summed E-state index contributed by atoms with van der Waals surface area (Å²) in [5.74, 6) is 0.742. The highest BCUT2D eigenvalue weighted by atomic mass is 35.5. The third-order valence-corrected chi connectivity index (χ3v) is 6.16. The first kappa shape index (κ1) is 23.1. The number of ether oxygens (including phenoxy) is 1. The molecule has 0 amide bonds. The molecule has 2 aromatic heterocycles. The first-order chi connectivity index (χ1) is 15.2. The lowest BCUT2D eigenvalue weighted by atomic mass is 9.89. The zero-order chi connectivity index (χ0) is 22.9. The first-order valence-electron chi connectivity index (χ1n) is 10.3. The number of nitrogens with zero attached hydrogens (tertiary/aromatic N) is 4. The number of alkyl halides is 2. The second-order valence-electron chi connectivity index (χ2n) is 8.42. The Morgan fingerprint density at radius 2 is 2.00 bits per heavy atom. The van der Waals surface area contributed by atoms with Gasteiger partial charge in [-0.1, -0.05) is 23.2 Å². The van der Waals surface area contributed by atoms with Gasteiger partial charge in [-0.2, -0.15) is 13.9 Å². The van der Waals surface area contributed by atoms with Crippen LogP contribution in [0.5, 0.6) is 0 Å². The number of fused-ring (bicyclic) bond motifs is 1. The van der Waals surface area contributed by atoms with Gasteiger partial charge in [-0.15, -0.1) is 0 Å². The number of nitrogens with one attached hydrogen (secondary N) is 2. The summed E-state index contributed by atoms with van der Waals surface area (Å²) in [6.45, 7) is 2.19. The summed E-state index contributed by atoms with van der Waals surface area (Å²) in [6.07, 6.45) is 5.25. The Morgan fingerprint density at radius 3 is 2.72 bits per heavy atom. The molecule has 1 fully saturated rings. The fraction of sp³-hybridized carbons (Fsp3) is 0.476. The van der Waals surface area contributed by atoms with Crippen molar-refractivity contribution in [1.29, 1.82) is 0 Å². The molecule has 0 spiro atoms. The molecule has 0 unspecified atom stereocenters. The van der Waals surface area contributed by atoms with E-state index in [9.17, 15) is 8.78 Å². The summed E-state index contributed by atoms with van der Waals surface area (Å²) >= 11 is 12.9. The van der Waals surface area contributed by atoms with E-state index < -0.39 is 12.2 Å². The van der Waals surface area contributed by atoms with Crippen LogP contribution in [0.3, 0.4) is 0 Å². The Hall–Kier alpha value is -2.07. The van der Waals surface area contributed by atoms with Crippen molar-refractivity contribution in [3.05, 3.63) is 40.3 Å². The summed E-state index contributed by atoms with van der Waals surface area (Å²) in [5.41, 5.74) is 1.18. The van der Waals surface area contributed by atoms with Crippen LogP contribution in [0, 0.1) is 0 Å². The molecule has 3 heterocycles. The fourth-order valence-electron chi connectivity index (χ4n) is 3.90. The number of rotatable bonds is 7. The van der Waals surface area contributed by atoms with E-state index in [0.717, 1.165) is 47.4 Å². The second-order valence-corrected chi connectivity index (χ2v) is 9.19. The predicted octanol–water partition coefficient (Wildman–Crippen LogP) is 5.36. The van der Waals surface area contributed by atoms with Gasteiger partial charge in [-0.3, -0.25) is 0 Å². The van der Waals surface area contributed by atoms with E-state index in [1.165, 1.54) is 10.9 Å². The van der Waals surface area contributed by atoms with E-state index in [-0.39, 0.29) is 11.7 Å². The number of benzene rings is 1. The first-order valence-corrected chi connectivity index (χ1v) is 11.1. The van der Waals surface area contributed by atoms with Gasteiger partial charge in [0.15, 0.2) is 5.15 Å². The number of anilines is 2. The average Bonchev–Trinajstić information content (AvgIpc) is 3.06.